The van der Waals surface area contributed by atoms with E-state index in [-0.39, 0.29) is 12.5 Å². The minimum Gasteiger partial charge on any atom is -0.481 e. The van der Waals surface area contributed by atoms with Gasteiger partial charge in [0.1, 0.15) is 0 Å². The third-order valence-corrected chi connectivity index (χ3v) is 5.50. The molecule has 0 aliphatic rings. The fourth-order valence-electron chi connectivity index (χ4n) is 1.45. The molecule has 0 spiro atoms. The Hall–Kier alpha value is -0.800. The maximum atomic E-state index is 10.7. The lowest BCUT2D eigenvalue weighted by Crippen LogP contribution is -2.13. The molecule has 1 unspecified atom stereocenters. The van der Waals surface area contributed by atoms with Crippen molar-refractivity contribution < 1.29 is 9.90 Å². The molecule has 0 bridgehead atoms. The van der Waals surface area contributed by atoms with Crippen LogP contribution in [0.25, 0.3) is 10.7 Å². The van der Waals surface area contributed by atoms with Gasteiger partial charge < -0.3 is 5.11 Å². The first-order chi connectivity index (χ1) is 8.49. The molecule has 0 aliphatic heterocycles. The standard InChI is InChI=1S/C9H8Br2N4O2S/c1-4(2-7(16)17)15-9(12-13-14-15)6-3-5(10)8(11)18-6/h3-4H,2H2,1H3,(H,16,17). The zero-order valence-electron chi connectivity index (χ0n) is 9.17. The Balaban J connectivity index is 2.35. The number of thiophene rings is 1. The second-order valence-electron chi connectivity index (χ2n) is 3.63. The van der Waals surface area contributed by atoms with Gasteiger partial charge in [-0.2, -0.15) is 0 Å². The molecular formula is C9H8Br2N4O2S. The SMILES string of the molecule is CC(CC(=O)O)n1nnnc1-c1cc(Br)c(Br)s1. The van der Waals surface area contributed by atoms with E-state index in [0.717, 1.165) is 13.1 Å². The van der Waals surface area contributed by atoms with Crippen molar-refractivity contribution in [1.29, 1.82) is 0 Å². The Bertz CT molecular complexity index is 563. The van der Waals surface area contributed by atoms with Crippen molar-refractivity contribution >= 4 is 49.2 Å². The van der Waals surface area contributed by atoms with Gasteiger partial charge in [-0.1, -0.05) is 0 Å². The Kier molecular flexibility index (Phi) is 4.13. The summed E-state index contributed by atoms with van der Waals surface area (Å²) in [5, 5.41) is 20.2. The zero-order valence-corrected chi connectivity index (χ0v) is 13.2. The van der Waals surface area contributed by atoms with E-state index in [2.05, 4.69) is 47.4 Å². The van der Waals surface area contributed by atoms with Gasteiger partial charge in [-0.15, -0.1) is 16.4 Å². The van der Waals surface area contributed by atoms with Gasteiger partial charge in [0.25, 0.3) is 0 Å². The van der Waals surface area contributed by atoms with Crippen LogP contribution in [0.15, 0.2) is 14.3 Å². The largest absolute Gasteiger partial charge is 0.481 e. The lowest BCUT2D eigenvalue weighted by molar-refractivity contribution is -0.137. The second-order valence-corrected chi connectivity index (χ2v) is 6.85. The Morgan fingerprint density at radius 3 is 2.89 bits per heavy atom. The van der Waals surface area contributed by atoms with Gasteiger partial charge >= 0.3 is 5.97 Å². The highest BCUT2D eigenvalue weighted by atomic mass is 79.9. The van der Waals surface area contributed by atoms with Crippen molar-refractivity contribution in [2.24, 2.45) is 0 Å². The summed E-state index contributed by atoms with van der Waals surface area (Å²) < 4.78 is 3.39. The average Bonchev–Trinajstić information content (AvgIpc) is 2.85. The van der Waals surface area contributed by atoms with Crippen LogP contribution >= 0.6 is 43.2 Å². The molecule has 0 aliphatic carbocycles. The van der Waals surface area contributed by atoms with Crippen LogP contribution in [0, 0.1) is 0 Å². The van der Waals surface area contributed by atoms with Crippen molar-refractivity contribution in [2.75, 3.05) is 0 Å². The number of aliphatic carboxylic acids is 1. The lowest BCUT2D eigenvalue weighted by Gasteiger charge is -2.09. The summed E-state index contributed by atoms with van der Waals surface area (Å²) in [6, 6.07) is 1.59. The van der Waals surface area contributed by atoms with E-state index in [0.29, 0.717) is 5.82 Å². The van der Waals surface area contributed by atoms with Gasteiger partial charge in [-0.3, -0.25) is 4.79 Å². The molecule has 0 saturated carbocycles. The molecule has 96 valence electrons. The van der Waals surface area contributed by atoms with E-state index in [9.17, 15) is 4.79 Å². The molecule has 2 rings (SSSR count). The van der Waals surface area contributed by atoms with E-state index in [4.69, 9.17) is 5.11 Å². The van der Waals surface area contributed by atoms with Crippen LogP contribution in [0.1, 0.15) is 19.4 Å². The predicted molar refractivity (Wildman–Crippen MR) is 73.5 cm³/mol. The number of nitrogens with zero attached hydrogens (tertiary/aromatic N) is 4. The van der Waals surface area contributed by atoms with Crippen LogP contribution in [0.5, 0.6) is 0 Å². The number of halogens is 2. The summed E-state index contributed by atoms with van der Waals surface area (Å²) in [6.07, 6.45) is -0.0221. The van der Waals surface area contributed by atoms with Crippen molar-refractivity contribution in [1.82, 2.24) is 20.2 Å². The number of aromatic nitrogens is 4. The Labute approximate surface area is 123 Å². The van der Waals surface area contributed by atoms with Crippen molar-refractivity contribution in [3.63, 3.8) is 0 Å². The van der Waals surface area contributed by atoms with Crippen molar-refractivity contribution in [2.45, 2.75) is 19.4 Å². The minimum absolute atomic E-state index is 0.0221. The van der Waals surface area contributed by atoms with Crippen LogP contribution in [0.2, 0.25) is 0 Å². The summed E-state index contributed by atoms with van der Waals surface area (Å²) in [7, 11) is 0. The van der Waals surface area contributed by atoms with Gasteiger partial charge in [0.15, 0.2) is 5.82 Å². The van der Waals surface area contributed by atoms with Gasteiger partial charge in [-0.05, 0) is 55.3 Å². The first kappa shape index (κ1) is 13.6. The molecule has 0 fully saturated rings. The summed E-state index contributed by atoms with van der Waals surface area (Å²) >= 11 is 8.28. The fourth-order valence-corrected chi connectivity index (χ4v) is 3.46. The number of tetrazole rings is 1. The molecule has 0 amide bonds. The van der Waals surface area contributed by atoms with Crippen LogP contribution in [-0.2, 0) is 4.79 Å². The lowest BCUT2D eigenvalue weighted by atomic mass is 10.2. The summed E-state index contributed by atoms with van der Waals surface area (Å²) in [4.78, 5) is 11.6. The second kappa shape index (κ2) is 5.45. The zero-order chi connectivity index (χ0) is 13.3. The summed E-state index contributed by atoms with van der Waals surface area (Å²) in [5.74, 6) is -0.308. The Morgan fingerprint density at radius 2 is 2.33 bits per heavy atom. The van der Waals surface area contributed by atoms with Crippen molar-refractivity contribution in [3.05, 3.63) is 14.3 Å². The fraction of sp³-hybridized carbons (Fsp3) is 0.333. The topological polar surface area (TPSA) is 80.9 Å². The molecule has 1 atom stereocenters. The maximum Gasteiger partial charge on any atom is 0.305 e. The number of carboxylic acids is 1. The molecule has 0 saturated heterocycles. The third kappa shape index (κ3) is 2.78. The van der Waals surface area contributed by atoms with Crippen LogP contribution in [-0.4, -0.2) is 31.3 Å². The van der Waals surface area contributed by atoms with Crippen molar-refractivity contribution in [3.8, 4) is 10.7 Å². The van der Waals surface area contributed by atoms with Crippen LogP contribution < -0.4 is 0 Å². The molecule has 1 N–H and O–H groups in total. The molecule has 2 aromatic heterocycles. The monoisotopic (exact) mass is 394 g/mol. The maximum absolute atomic E-state index is 10.7. The molecule has 0 aromatic carbocycles. The molecule has 6 nitrogen and oxygen atoms in total. The van der Waals surface area contributed by atoms with E-state index < -0.39 is 5.97 Å². The van der Waals surface area contributed by atoms with E-state index in [1.807, 2.05) is 6.07 Å². The first-order valence-corrected chi connectivity index (χ1v) is 7.34. The quantitative estimate of drug-likeness (QED) is 0.860. The summed E-state index contributed by atoms with van der Waals surface area (Å²) in [6.45, 7) is 1.77. The van der Waals surface area contributed by atoms with E-state index in [1.54, 1.807) is 6.92 Å². The third-order valence-electron chi connectivity index (χ3n) is 2.25. The highest BCUT2D eigenvalue weighted by Gasteiger charge is 2.19. The number of carboxylic acid groups (broad SMARTS) is 1. The number of hydrogen-bond donors (Lipinski definition) is 1. The molecule has 9 heteroatoms. The van der Waals surface area contributed by atoms with Gasteiger partial charge in [0, 0.05) is 4.47 Å². The molecule has 2 aromatic rings. The number of carbonyl (C=O) groups is 1. The van der Waals surface area contributed by atoms with Crippen LogP contribution in [0.4, 0.5) is 0 Å². The van der Waals surface area contributed by atoms with Gasteiger partial charge in [-0.25, -0.2) is 4.68 Å². The molecule has 0 radical (unpaired) electrons. The summed E-state index contributed by atoms with van der Waals surface area (Å²) in [5.41, 5.74) is 0. The van der Waals surface area contributed by atoms with Crippen LogP contribution in [0.3, 0.4) is 0 Å². The smallest absolute Gasteiger partial charge is 0.305 e. The normalized spacial score (nSPS) is 12.6. The van der Waals surface area contributed by atoms with E-state index >= 15 is 0 Å². The Morgan fingerprint density at radius 1 is 1.61 bits per heavy atom. The highest BCUT2D eigenvalue weighted by Crippen LogP contribution is 2.37. The highest BCUT2D eigenvalue weighted by molar-refractivity contribution is 9.13. The average molecular weight is 396 g/mol. The van der Waals surface area contributed by atoms with Gasteiger partial charge in [0.2, 0.25) is 0 Å². The number of rotatable bonds is 4. The van der Waals surface area contributed by atoms with Gasteiger partial charge in [0.05, 0.1) is 21.1 Å². The molecule has 2 heterocycles. The predicted octanol–water partition coefficient (Wildman–Crippen LogP) is 2.96. The minimum atomic E-state index is -0.877. The first-order valence-electron chi connectivity index (χ1n) is 4.94. The molecular weight excluding hydrogens is 388 g/mol. The molecule has 18 heavy (non-hydrogen) atoms. The van der Waals surface area contributed by atoms with E-state index in [1.165, 1.54) is 16.0 Å². The number of hydrogen-bond acceptors (Lipinski definition) is 5.